The van der Waals surface area contributed by atoms with Crippen molar-refractivity contribution in [3.8, 4) is 5.75 Å². The van der Waals surface area contributed by atoms with Gasteiger partial charge in [0.25, 0.3) is 5.91 Å². The average molecular weight is 370 g/mol. The molecule has 5 heteroatoms. The van der Waals surface area contributed by atoms with Crippen LogP contribution in [0.3, 0.4) is 0 Å². The molecule has 3 atom stereocenters. The molecule has 0 radical (unpaired) electrons. The fraction of sp³-hybridized carbons (Fsp3) is 0.636. The lowest BCUT2D eigenvalue weighted by Crippen LogP contribution is -2.49. The monoisotopic (exact) mass is 369 g/mol. The van der Waals surface area contributed by atoms with E-state index in [0.717, 1.165) is 23.1 Å². The summed E-state index contributed by atoms with van der Waals surface area (Å²) in [7, 11) is 1.70. The smallest absolute Gasteiger partial charge is 0.261 e. The number of nitrogens with zero attached hydrogens (tertiary/aromatic N) is 2. The van der Waals surface area contributed by atoms with Crippen molar-refractivity contribution in [2.24, 2.45) is 22.6 Å². The molecule has 27 heavy (non-hydrogen) atoms. The first-order valence-corrected chi connectivity index (χ1v) is 10.1. The first kappa shape index (κ1) is 18.3. The van der Waals surface area contributed by atoms with Gasteiger partial charge in [0.05, 0.1) is 0 Å². The van der Waals surface area contributed by atoms with Gasteiger partial charge in [0.1, 0.15) is 11.4 Å². The molecule has 146 valence electrons. The normalized spacial score (nSPS) is 35.0. The van der Waals surface area contributed by atoms with E-state index in [0.29, 0.717) is 12.3 Å². The van der Waals surface area contributed by atoms with Gasteiger partial charge in [0.2, 0.25) is 0 Å². The minimum absolute atomic E-state index is 0.0554. The number of hydrogen-bond donors (Lipinski definition) is 1. The summed E-state index contributed by atoms with van der Waals surface area (Å²) >= 11 is 0. The van der Waals surface area contributed by atoms with Crippen LogP contribution in [-0.2, 0) is 10.3 Å². The molecular weight excluding hydrogens is 338 g/mol. The Morgan fingerprint density at radius 2 is 1.85 bits per heavy atom. The van der Waals surface area contributed by atoms with Crippen LogP contribution in [0.25, 0.3) is 0 Å². The Hall–Kier alpha value is -2.04. The first-order valence-electron chi connectivity index (χ1n) is 10.1. The van der Waals surface area contributed by atoms with Crippen LogP contribution in [0.1, 0.15) is 70.4 Å². The van der Waals surface area contributed by atoms with Crippen molar-refractivity contribution < 1.29 is 9.53 Å². The molecule has 1 spiro atoms. The molecule has 0 saturated heterocycles. The van der Waals surface area contributed by atoms with Gasteiger partial charge < -0.3 is 10.5 Å². The highest BCUT2D eigenvalue weighted by atomic mass is 16.5. The number of ether oxygens (including phenoxy) is 1. The Balaban J connectivity index is 1.81. The Morgan fingerprint density at radius 1 is 1.19 bits per heavy atom. The summed E-state index contributed by atoms with van der Waals surface area (Å²) in [5.74, 6) is 2.97. The summed E-state index contributed by atoms with van der Waals surface area (Å²) in [6.07, 6.45) is 4.19. The topological polar surface area (TPSA) is 67.9 Å². The number of carbonyl (C=O) groups excluding carboxylic acids is 1. The Morgan fingerprint density at radius 3 is 2.44 bits per heavy atom. The van der Waals surface area contributed by atoms with Gasteiger partial charge in [0, 0.05) is 19.0 Å². The second kappa shape index (κ2) is 5.98. The number of fused-ring (bicyclic) bond motifs is 2. The van der Waals surface area contributed by atoms with Crippen molar-refractivity contribution in [3.05, 3.63) is 29.3 Å². The van der Waals surface area contributed by atoms with Gasteiger partial charge in [-0.25, -0.2) is 4.99 Å². The van der Waals surface area contributed by atoms with Gasteiger partial charge >= 0.3 is 0 Å². The van der Waals surface area contributed by atoms with Crippen molar-refractivity contribution in [3.63, 3.8) is 0 Å². The molecule has 2 aliphatic heterocycles. The molecule has 5 nitrogen and oxygen atoms in total. The SMILES string of the molecule is CC1CC(C)CC(c2ccc3c(c2)C2(CC(C)(C)O3)N=C(N)N(C)C2=O)C1. The van der Waals surface area contributed by atoms with E-state index in [2.05, 4.69) is 31.0 Å². The maximum atomic E-state index is 13.2. The molecule has 3 unspecified atom stereocenters. The van der Waals surface area contributed by atoms with E-state index in [1.807, 2.05) is 19.9 Å². The molecule has 3 aliphatic rings. The highest BCUT2D eigenvalue weighted by molar-refractivity contribution is 6.07. The standard InChI is InChI=1S/C22H31N3O2/c1-13-8-14(2)10-16(9-13)15-6-7-18-17(11-15)22(12-21(3,4)27-18)19(26)25(5)20(23)24-22/h6-7,11,13-14,16H,8-10,12H2,1-5H3,(H2,23,24). The van der Waals surface area contributed by atoms with E-state index < -0.39 is 11.1 Å². The van der Waals surface area contributed by atoms with Crippen LogP contribution < -0.4 is 10.5 Å². The summed E-state index contributed by atoms with van der Waals surface area (Å²) < 4.78 is 6.23. The molecule has 1 amide bonds. The summed E-state index contributed by atoms with van der Waals surface area (Å²) in [6.45, 7) is 8.70. The number of amides is 1. The maximum Gasteiger partial charge on any atom is 0.261 e. The molecule has 2 heterocycles. The Kier molecular flexibility index (Phi) is 4.06. The first-order chi connectivity index (χ1) is 12.6. The molecule has 0 aromatic heterocycles. The second-order valence-corrected chi connectivity index (χ2v) is 9.60. The number of benzene rings is 1. The van der Waals surface area contributed by atoms with Gasteiger partial charge in [-0.1, -0.05) is 19.9 Å². The molecule has 1 fully saturated rings. The van der Waals surface area contributed by atoms with E-state index >= 15 is 0 Å². The lowest BCUT2D eigenvalue weighted by atomic mass is 9.72. The van der Waals surface area contributed by atoms with E-state index in [-0.39, 0.29) is 11.9 Å². The van der Waals surface area contributed by atoms with Crippen molar-refractivity contribution >= 4 is 11.9 Å². The summed E-state index contributed by atoms with van der Waals surface area (Å²) in [6, 6.07) is 6.39. The number of rotatable bonds is 1. The third kappa shape index (κ3) is 2.91. The van der Waals surface area contributed by atoms with Gasteiger partial charge in [-0.3, -0.25) is 9.69 Å². The van der Waals surface area contributed by atoms with Crippen LogP contribution in [0.4, 0.5) is 0 Å². The van der Waals surface area contributed by atoms with Crippen LogP contribution >= 0.6 is 0 Å². The number of aliphatic imine (C=N–C) groups is 1. The number of hydrogen-bond acceptors (Lipinski definition) is 4. The summed E-state index contributed by atoms with van der Waals surface area (Å²) in [5, 5.41) is 0. The predicted octanol–water partition coefficient (Wildman–Crippen LogP) is 3.77. The molecular formula is C22H31N3O2. The number of guanidine groups is 1. The fourth-order valence-electron chi connectivity index (χ4n) is 5.47. The third-order valence-corrected chi connectivity index (χ3v) is 6.47. The molecule has 1 aromatic rings. The van der Waals surface area contributed by atoms with Crippen molar-refractivity contribution in [1.82, 2.24) is 4.90 Å². The number of carbonyl (C=O) groups is 1. The molecule has 2 N–H and O–H groups in total. The molecule has 1 aliphatic carbocycles. The molecule has 1 aromatic carbocycles. The quantitative estimate of drug-likeness (QED) is 0.819. The Labute approximate surface area is 162 Å². The highest BCUT2D eigenvalue weighted by Crippen LogP contribution is 2.50. The summed E-state index contributed by atoms with van der Waals surface area (Å²) in [4.78, 5) is 19.4. The minimum Gasteiger partial charge on any atom is -0.487 e. The highest BCUT2D eigenvalue weighted by Gasteiger charge is 2.55. The van der Waals surface area contributed by atoms with Gasteiger partial charge in [0.15, 0.2) is 11.5 Å². The predicted molar refractivity (Wildman–Crippen MR) is 107 cm³/mol. The van der Waals surface area contributed by atoms with Gasteiger partial charge in [-0.15, -0.1) is 0 Å². The van der Waals surface area contributed by atoms with Crippen molar-refractivity contribution in [1.29, 1.82) is 0 Å². The van der Waals surface area contributed by atoms with Crippen LogP contribution in [-0.4, -0.2) is 29.4 Å². The number of likely N-dealkylation sites (N-methyl/N-ethyl adjacent to an activating group) is 1. The van der Waals surface area contributed by atoms with Gasteiger partial charge in [-0.2, -0.15) is 0 Å². The van der Waals surface area contributed by atoms with Crippen LogP contribution in [0.5, 0.6) is 5.75 Å². The summed E-state index contributed by atoms with van der Waals surface area (Å²) in [5.41, 5.74) is 6.79. The van der Waals surface area contributed by atoms with E-state index in [9.17, 15) is 4.79 Å². The fourth-order valence-corrected chi connectivity index (χ4v) is 5.47. The van der Waals surface area contributed by atoms with Crippen LogP contribution in [0.15, 0.2) is 23.2 Å². The zero-order valence-corrected chi connectivity index (χ0v) is 17.1. The molecule has 0 bridgehead atoms. The zero-order chi connectivity index (χ0) is 19.6. The van der Waals surface area contributed by atoms with Crippen molar-refractivity contribution in [2.75, 3.05) is 7.05 Å². The van der Waals surface area contributed by atoms with Crippen LogP contribution in [0, 0.1) is 11.8 Å². The maximum absolute atomic E-state index is 13.2. The number of nitrogens with two attached hydrogens (primary N) is 1. The van der Waals surface area contributed by atoms with E-state index in [1.165, 1.54) is 29.7 Å². The van der Waals surface area contributed by atoms with E-state index in [4.69, 9.17) is 10.5 Å². The Bertz CT molecular complexity index is 806. The second-order valence-electron chi connectivity index (χ2n) is 9.60. The van der Waals surface area contributed by atoms with Crippen LogP contribution in [0.2, 0.25) is 0 Å². The zero-order valence-electron chi connectivity index (χ0n) is 17.1. The largest absolute Gasteiger partial charge is 0.487 e. The van der Waals surface area contributed by atoms with E-state index in [1.54, 1.807) is 7.05 Å². The molecule has 4 rings (SSSR count). The van der Waals surface area contributed by atoms with Gasteiger partial charge in [-0.05, 0) is 68.6 Å². The lowest BCUT2D eigenvalue weighted by molar-refractivity contribution is -0.133. The average Bonchev–Trinajstić information content (AvgIpc) is 2.77. The molecule has 1 saturated carbocycles. The third-order valence-electron chi connectivity index (χ3n) is 6.47. The lowest BCUT2D eigenvalue weighted by Gasteiger charge is -2.42. The minimum atomic E-state index is -0.960. The van der Waals surface area contributed by atoms with Crippen molar-refractivity contribution in [2.45, 2.75) is 70.4 Å².